The summed E-state index contributed by atoms with van der Waals surface area (Å²) in [7, 11) is 0. The van der Waals surface area contributed by atoms with Crippen LogP contribution in [0, 0.1) is 0 Å². The zero-order chi connectivity index (χ0) is 49.9. The van der Waals surface area contributed by atoms with Crippen molar-refractivity contribution in [3.63, 3.8) is 0 Å². The smallest absolute Gasteiger partial charge is 0.220 e. The predicted octanol–water partition coefficient (Wildman–Crippen LogP) is 19.4. The van der Waals surface area contributed by atoms with E-state index in [0.29, 0.717) is 6.42 Å². The van der Waals surface area contributed by atoms with Crippen LogP contribution in [-0.4, -0.2) is 34.9 Å². The molecule has 0 aromatic heterocycles. The Hall–Kier alpha value is -3.47. The van der Waals surface area contributed by atoms with Crippen molar-refractivity contribution in [2.75, 3.05) is 6.61 Å². The molecule has 0 heterocycles. The lowest BCUT2D eigenvalue weighted by atomic mass is 10.0. The molecule has 2 unspecified atom stereocenters. The number of aliphatic hydroxyl groups excluding tert-OH is 2. The SMILES string of the molecule is CC/C=C\C/C=C\C/C=C\C/C=C\C/C=C\C/C=C\C/C=C\C/C=C\C/C=C\C/C=C\CCCCCCCCCCCCC(=O)NC(CO)C(O)/C=C/CCCCCCCCCCCCCCCC. The van der Waals surface area contributed by atoms with Crippen LogP contribution in [0.2, 0.25) is 0 Å². The number of carbonyl (C=O) groups is 1. The number of amides is 1. The lowest BCUT2D eigenvalue weighted by Gasteiger charge is -2.20. The summed E-state index contributed by atoms with van der Waals surface area (Å²) in [6.45, 7) is 4.19. The Morgan fingerprint density at radius 1 is 0.362 bits per heavy atom. The largest absolute Gasteiger partial charge is 0.394 e. The van der Waals surface area contributed by atoms with Crippen LogP contribution in [0.5, 0.6) is 0 Å². The Balaban J connectivity index is 3.61. The number of unbranched alkanes of at least 4 members (excludes halogenated alkanes) is 24. The number of nitrogens with one attached hydrogen (secondary N) is 1. The minimum absolute atomic E-state index is 0.0732. The van der Waals surface area contributed by atoms with Gasteiger partial charge in [0.05, 0.1) is 18.8 Å². The summed E-state index contributed by atoms with van der Waals surface area (Å²) in [5.41, 5.74) is 0. The highest BCUT2D eigenvalue weighted by Crippen LogP contribution is 2.15. The molecular formula is C65H109NO3. The lowest BCUT2D eigenvalue weighted by Crippen LogP contribution is -2.45. The summed E-state index contributed by atoms with van der Waals surface area (Å²) < 4.78 is 0. The quantitative estimate of drug-likeness (QED) is 0.0420. The fraction of sp³-hybridized carbons (Fsp3) is 0.646. The number of hydrogen-bond donors (Lipinski definition) is 3. The zero-order valence-corrected chi connectivity index (χ0v) is 45.0. The van der Waals surface area contributed by atoms with Gasteiger partial charge < -0.3 is 15.5 Å². The van der Waals surface area contributed by atoms with Gasteiger partial charge in [0.25, 0.3) is 0 Å². The van der Waals surface area contributed by atoms with Gasteiger partial charge >= 0.3 is 0 Å². The first-order chi connectivity index (χ1) is 34.2. The third-order valence-corrected chi connectivity index (χ3v) is 12.4. The maximum absolute atomic E-state index is 12.5. The Kier molecular flexibility index (Phi) is 55.9. The highest BCUT2D eigenvalue weighted by atomic mass is 16.3. The van der Waals surface area contributed by atoms with E-state index in [2.05, 4.69) is 141 Å². The van der Waals surface area contributed by atoms with Crippen LogP contribution in [0.4, 0.5) is 0 Å². The third-order valence-electron chi connectivity index (χ3n) is 12.4. The number of carbonyl (C=O) groups excluding carboxylic acids is 1. The first-order valence-electron chi connectivity index (χ1n) is 28.9. The molecular weight excluding hydrogens is 843 g/mol. The normalized spacial score (nSPS) is 13.9. The fourth-order valence-corrected chi connectivity index (χ4v) is 8.03. The van der Waals surface area contributed by atoms with Gasteiger partial charge in [-0.15, -0.1) is 0 Å². The van der Waals surface area contributed by atoms with Crippen molar-refractivity contribution in [2.24, 2.45) is 0 Å². The molecule has 3 N–H and O–H groups in total. The van der Waals surface area contributed by atoms with Crippen molar-refractivity contribution in [3.8, 4) is 0 Å². The maximum Gasteiger partial charge on any atom is 0.220 e. The van der Waals surface area contributed by atoms with Crippen LogP contribution < -0.4 is 5.32 Å². The van der Waals surface area contributed by atoms with Gasteiger partial charge in [0, 0.05) is 6.42 Å². The molecule has 0 aliphatic carbocycles. The van der Waals surface area contributed by atoms with Crippen LogP contribution in [0.15, 0.2) is 134 Å². The molecule has 2 atom stereocenters. The summed E-state index contributed by atoms with van der Waals surface area (Å²) in [6, 6.07) is -0.633. The molecule has 392 valence electrons. The highest BCUT2D eigenvalue weighted by molar-refractivity contribution is 5.76. The summed E-state index contributed by atoms with van der Waals surface area (Å²) in [5, 5.41) is 23.1. The topological polar surface area (TPSA) is 69.6 Å². The molecule has 0 bridgehead atoms. The average Bonchev–Trinajstić information content (AvgIpc) is 3.35. The maximum atomic E-state index is 12.5. The van der Waals surface area contributed by atoms with Crippen molar-refractivity contribution < 1.29 is 15.0 Å². The van der Waals surface area contributed by atoms with Crippen LogP contribution in [0.1, 0.15) is 251 Å². The molecule has 0 aromatic carbocycles. The van der Waals surface area contributed by atoms with Crippen molar-refractivity contribution in [1.82, 2.24) is 5.32 Å². The van der Waals surface area contributed by atoms with E-state index in [1.54, 1.807) is 6.08 Å². The summed E-state index contributed by atoms with van der Waals surface area (Å²) in [6.07, 6.45) is 91.8. The van der Waals surface area contributed by atoms with Gasteiger partial charge in [0.1, 0.15) is 0 Å². The van der Waals surface area contributed by atoms with E-state index >= 15 is 0 Å². The van der Waals surface area contributed by atoms with Gasteiger partial charge in [-0.3, -0.25) is 4.79 Å². The van der Waals surface area contributed by atoms with E-state index in [0.717, 1.165) is 89.9 Å². The molecule has 69 heavy (non-hydrogen) atoms. The second kappa shape index (κ2) is 58.8. The van der Waals surface area contributed by atoms with Gasteiger partial charge in [-0.25, -0.2) is 0 Å². The van der Waals surface area contributed by atoms with E-state index in [-0.39, 0.29) is 12.5 Å². The van der Waals surface area contributed by atoms with Gasteiger partial charge in [-0.1, -0.05) is 282 Å². The highest BCUT2D eigenvalue weighted by Gasteiger charge is 2.18. The zero-order valence-electron chi connectivity index (χ0n) is 45.0. The van der Waals surface area contributed by atoms with Crippen LogP contribution in [0.25, 0.3) is 0 Å². The molecule has 0 spiro atoms. The molecule has 0 fully saturated rings. The second-order valence-corrected chi connectivity index (χ2v) is 19.0. The van der Waals surface area contributed by atoms with Gasteiger partial charge in [0.2, 0.25) is 5.91 Å². The Bertz CT molecular complexity index is 1400. The third kappa shape index (κ3) is 55.3. The van der Waals surface area contributed by atoms with Crippen molar-refractivity contribution >= 4 is 5.91 Å². The minimum atomic E-state index is -0.849. The van der Waals surface area contributed by atoms with E-state index in [4.69, 9.17) is 0 Å². The van der Waals surface area contributed by atoms with Crippen LogP contribution in [0.3, 0.4) is 0 Å². The van der Waals surface area contributed by atoms with Crippen LogP contribution in [-0.2, 0) is 4.79 Å². The number of rotatable bonds is 51. The minimum Gasteiger partial charge on any atom is -0.394 e. The summed E-state index contributed by atoms with van der Waals surface area (Å²) in [5.74, 6) is -0.0732. The van der Waals surface area contributed by atoms with Crippen molar-refractivity contribution in [2.45, 2.75) is 264 Å². The van der Waals surface area contributed by atoms with Gasteiger partial charge in [-0.2, -0.15) is 0 Å². The van der Waals surface area contributed by atoms with Crippen LogP contribution >= 0.6 is 0 Å². The second-order valence-electron chi connectivity index (χ2n) is 19.0. The molecule has 0 radical (unpaired) electrons. The molecule has 0 aromatic rings. The van der Waals surface area contributed by atoms with E-state index in [1.165, 1.54) is 141 Å². The molecule has 0 aliphatic rings. The van der Waals surface area contributed by atoms with E-state index in [9.17, 15) is 15.0 Å². The Morgan fingerprint density at radius 3 is 0.957 bits per heavy atom. The Labute approximate surface area is 428 Å². The molecule has 4 heteroatoms. The number of aliphatic hydroxyl groups is 2. The summed E-state index contributed by atoms with van der Waals surface area (Å²) in [4.78, 5) is 12.5. The average molecular weight is 953 g/mol. The molecule has 1 amide bonds. The van der Waals surface area contributed by atoms with Gasteiger partial charge in [0.15, 0.2) is 0 Å². The lowest BCUT2D eigenvalue weighted by molar-refractivity contribution is -0.123. The standard InChI is InChI=1S/C65H109NO3/c1-3-5-7-9-11-13-15-17-19-21-22-23-24-25-26-27-28-29-30-31-32-33-34-35-36-37-38-39-40-41-42-43-44-45-47-49-51-53-55-57-59-61-65(69)66-63(62-67)64(68)60-58-56-54-52-50-48-46-20-18-16-14-12-10-8-6-4-2/h5,7,11,13,17,19,22-23,25-26,28-29,31-32,34-35,37-38,40-41,58,60,63-64,67-68H,3-4,6,8-10,12,14-16,18,20-21,24,27,30,33,36,39,42-57,59,61-62H2,1-2H3,(H,66,69)/b7-5-,13-11-,19-17-,23-22-,26-25-,29-28-,32-31-,35-34-,38-37-,41-40-,60-58+. The first-order valence-corrected chi connectivity index (χ1v) is 28.9. The monoisotopic (exact) mass is 952 g/mol. The fourth-order valence-electron chi connectivity index (χ4n) is 8.03. The Morgan fingerprint density at radius 2 is 0.638 bits per heavy atom. The molecule has 0 rings (SSSR count). The number of hydrogen-bond acceptors (Lipinski definition) is 3. The van der Waals surface area contributed by atoms with Crippen molar-refractivity contribution in [3.05, 3.63) is 134 Å². The van der Waals surface area contributed by atoms with Crippen molar-refractivity contribution in [1.29, 1.82) is 0 Å². The van der Waals surface area contributed by atoms with E-state index < -0.39 is 12.1 Å². The predicted molar refractivity (Wildman–Crippen MR) is 308 cm³/mol. The first kappa shape index (κ1) is 65.5. The van der Waals surface area contributed by atoms with Gasteiger partial charge in [-0.05, 0) is 96.3 Å². The molecule has 0 saturated carbocycles. The molecule has 0 saturated heterocycles. The molecule has 4 nitrogen and oxygen atoms in total. The summed E-state index contributed by atoms with van der Waals surface area (Å²) >= 11 is 0. The number of allylic oxidation sites excluding steroid dienone is 21. The van der Waals surface area contributed by atoms with E-state index in [1.807, 2.05) is 6.08 Å². The molecule has 0 aliphatic heterocycles.